The van der Waals surface area contributed by atoms with Crippen LogP contribution in [0, 0.1) is 11.3 Å². The van der Waals surface area contributed by atoms with Crippen LogP contribution in [0.1, 0.15) is 34.1 Å². The second-order valence-corrected chi connectivity index (χ2v) is 4.65. The van der Waals surface area contributed by atoms with Gasteiger partial charge in [0.05, 0.1) is 6.61 Å². The van der Waals surface area contributed by atoms with E-state index < -0.39 is 0 Å². The summed E-state index contributed by atoms with van der Waals surface area (Å²) < 4.78 is 14.7. The van der Waals surface area contributed by atoms with Gasteiger partial charge in [-0.05, 0) is 17.8 Å². The van der Waals surface area contributed by atoms with Crippen LogP contribution < -0.4 is 0 Å². The summed E-state index contributed by atoms with van der Waals surface area (Å²) >= 11 is 0. The highest BCUT2D eigenvalue weighted by Gasteiger charge is 2.14. The Morgan fingerprint density at radius 3 is 2.25 bits per heavy atom. The number of rotatable bonds is 4. The summed E-state index contributed by atoms with van der Waals surface area (Å²) in [6, 6.07) is 0. The molecule has 1 unspecified atom stereocenters. The van der Waals surface area contributed by atoms with Gasteiger partial charge in [0.15, 0.2) is 0 Å². The summed E-state index contributed by atoms with van der Waals surface area (Å²) in [5.74, 6) is 0.483. The Morgan fingerprint density at radius 2 is 1.92 bits per heavy atom. The molecular formula is C8H17O2PS-2. The fraction of sp³-hybridized carbons (Fsp3) is 1.00. The first-order valence-electron chi connectivity index (χ1n) is 3.90. The average molecular weight is 208 g/mol. The van der Waals surface area contributed by atoms with E-state index >= 15 is 0 Å². The van der Waals surface area contributed by atoms with Gasteiger partial charge in [0.25, 0.3) is 0 Å². The van der Waals surface area contributed by atoms with E-state index in [1.54, 1.807) is 0 Å². The highest BCUT2D eigenvalue weighted by Crippen LogP contribution is 2.24. The predicted octanol–water partition coefficient (Wildman–Crippen LogP) is 3.28. The van der Waals surface area contributed by atoms with Crippen molar-refractivity contribution in [3.05, 3.63) is 0 Å². The van der Waals surface area contributed by atoms with Gasteiger partial charge in [-0.1, -0.05) is 27.7 Å². The highest BCUT2D eigenvalue weighted by molar-refractivity contribution is 7.37. The van der Waals surface area contributed by atoms with E-state index in [4.69, 9.17) is 4.52 Å². The molecule has 1 atom stereocenters. The number of hydrogen-bond acceptors (Lipinski definition) is 2. The van der Waals surface area contributed by atoms with Crippen molar-refractivity contribution in [1.29, 1.82) is 0 Å². The summed E-state index contributed by atoms with van der Waals surface area (Å²) in [5.41, 5.74) is 0.336. The first-order chi connectivity index (χ1) is 4.95. The van der Waals surface area contributed by atoms with E-state index in [-0.39, 0.29) is 22.2 Å². The Kier molecular flexibility index (Phi) is 8.54. The Hall–Kier alpha value is 0.410. The highest BCUT2D eigenvalue weighted by atomic mass is 32.1. The molecule has 0 aromatic rings. The molecule has 0 aliphatic carbocycles. The van der Waals surface area contributed by atoms with Crippen molar-refractivity contribution < 1.29 is 9.09 Å². The lowest BCUT2D eigenvalue weighted by Gasteiger charge is -2.21. The van der Waals surface area contributed by atoms with Crippen LogP contribution in [-0.4, -0.2) is 6.61 Å². The lowest BCUT2D eigenvalue weighted by Crippen LogP contribution is -2.13. The molecule has 0 heterocycles. The molecule has 0 aromatic carbocycles. The molecule has 0 aliphatic rings. The molecule has 0 N–H and O–H groups in total. The van der Waals surface area contributed by atoms with Crippen molar-refractivity contribution in [3.8, 4) is 0 Å². The Morgan fingerprint density at radius 1 is 1.42 bits per heavy atom. The molecule has 2 nitrogen and oxygen atoms in total. The predicted molar refractivity (Wildman–Crippen MR) is 54.2 cm³/mol. The minimum Gasteiger partial charge on any atom is -2.00 e. The van der Waals surface area contributed by atoms with Crippen molar-refractivity contribution in [1.82, 2.24) is 0 Å². The van der Waals surface area contributed by atoms with E-state index in [0.717, 1.165) is 6.42 Å². The van der Waals surface area contributed by atoms with E-state index in [1.165, 1.54) is 0 Å². The van der Waals surface area contributed by atoms with Crippen LogP contribution in [0.25, 0.3) is 0 Å². The molecular weight excluding hydrogens is 191 g/mol. The third-order valence-electron chi connectivity index (χ3n) is 1.37. The molecule has 12 heavy (non-hydrogen) atoms. The lowest BCUT2D eigenvalue weighted by atomic mass is 9.86. The second-order valence-electron chi connectivity index (χ2n) is 4.24. The van der Waals surface area contributed by atoms with Crippen LogP contribution in [0.2, 0.25) is 0 Å². The SMILES string of the molecule is CC(COP=O)CC(C)(C)C.[S-2]. The zero-order valence-corrected chi connectivity index (χ0v) is 9.87. The monoisotopic (exact) mass is 208 g/mol. The Balaban J connectivity index is 0. The van der Waals surface area contributed by atoms with Crippen molar-refractivity contribution >= 4 is 22.2 Å². The van der Waals surface area contributed by atoms with Crippen molar-refractivity contribution in [2.45, 2.75) is 34.1 Å². The molecule has 0 amide bonds. The van der Waals surface area contributed by atoms with Crippen LogP contribution in [-0.2, 0) is 22.6 Å². The summed E-state index contributed by atoms with van der Waals surface area (Å²) in [7, 11) is -0.204. The molecule has 0 fully saturated rings. The molecule has 74 valence electrons. The first kappa shape index (κ1) is 14.9. The fourth-order valence-electron chi connectivity index (χ4n) is 1.26. The molecule has 0 saturated heterocycles. The largest absolute Gasteiger partial charge is 2.00 e. The van der Waals surface area contributed by atoms with E-state index in [9.17, 15) is 4.57 Å². The van der Waals surface area contributed by atoms with Gasteiger partial charge in [0.1, 0.15) is 0 Å². The maximum atomic E-state index is 9.95. The molecule has 4 heteroatoms. The molecule has 0 aromatic heterocycles. The van der Waals surface area contributed by atoms with Gasteiger partial charge in [-0.3, -0.25) is 4.52 Å². The van der Waals surface area contributed by atoms with Gasteiger partial charge in [-0.25, -0.2) is 4.57 Å². The van der Waals surface area contributed by atoms with Gasteiger partial charge in [-0.15, -0.1) is 0 Å². The maximum Gasteiger partial charge on any atom is 0.327 e. The topological polar surface area (TPSA) is 26.3 Å². The fourth-order valence-corrected chi connectivity index (χ4v) is 1.58. The summed E-state index contributed by atoms with van der Waals surface area (Å²) in [4.78, 5) is 0. The molecule has 0 saturated carbocycles. The third-order valence-corrected chi connectivity index (χ3v) is 1.63. The van der Waals surface area contributed by atoms with Crippen molar-refractivity contribution in [2.75, 3.05) is 6.61 Å². The smallest absolute Gasteiger partial charge is 0.327 e. The summed E-state index contributed by atoms with van der Waals surface area (Å²) in [6.07, 6.45) is 1.10. The van der Waals surface area contributed by atoms with Crippen molar-refractivity contribution in [3.63, 3.8) is 0 Å². The Labute approximate surface area is 83.8 Å². The quantitative estimate of drug-likeness (QED) is 0.663. The van der Waals surface area contributed by atoms with Crippen LogP contribution in [0.4, 0.5) is 0 Å². The minimum atomic E-state index is -0.204. The first-order valence-corrected chi connectivity index (χ1v) is 4.63. The van der Waals surface area contributed by atoms with E-state index in [0.29, 0.717) is 17.9 Å². The average Bonchev–Trinajstić information content (AvgIpc) is 1.79. The normalized spacial score (nSPS) is 14.0. The van der Waals surface area contributed by atoms with Crippen LogP contribution in [0.15, 0.2) is 0 Å². The zero-order chi connectivity index (χ0) is 8.91. The van der Waals surface area contributed by atoms with Crippen LogP contribution >= 0.6 is 8.69 Å². The summed E-state index contributed by atoms with van der Waals surface area (Å²) in [6.45, 7) is 9.27. The van der Waals surface area contributed by atoms with Crippen LogP contribution in [0.5, 0.6) is 0 Å². The summed E-state index contributed by atoms with van der Waals surface area (Å²) in [5, 5.41) is 0. The molecule has 0 radical (unpaired) electrons. The van der Waals surface area contributed by atoms with Gasteiger partial charge >= 0.3 is 8.69 Å². The maximum absolute atomic E-state index is 9.95. The van der Waals surface area contributed by atoms with E-state index in [2.05, 4.69) is 27.7 Å². The molecule has 0 bridgehead atoms. The zero-order valence-electron chi connectivity index (χ0n) is 8.16. The molecule has 0 aliphatic heterocycles. The van der Waals surface area contributed by atoms with Gasteiger partial charge in [-0.2, -0.15) is 0 Å². The second kappa shape index (κ2) is 6.88. The van der Waals surface area contributed by atoms with Gasteiger partial charge in [0, 0.05) is 0 Å². The standard InChI is InChI=1S/C8H17O2P.S/c1-7(6-10-11-9)5-8(2,3)4;/h7H,5-6H2,1-4H3;/q;-2. The molecule has 0 spiro atoms. The minimum absolute atomic E-state index is 0. The third kappa shape index (κ3) is 10.4. The van der Waals surface area contributed by atoms with Crippen LogP contribution in [0.3, 0.4) is 0 Å². The van der Waals surface area contributed by atoms with Gasteiger partial charge < -0.3 is 13.5 Å². The number of hydrogen-bond donors (Lipinski definition) is 0. The van der Waals surface area contributed by atoms with Crippen molar-refractivity contribution in [2.24, 2.45) is 11.3 Å². The molecule has 0 rings (SSSR count). The van der Waals surface area contributed by atoms with E-state index in [1.807, 2.05) is 0 Å². The lowest BCUT2D eigenvalue weighted by molar-refractivity contribution is 0.220. The van der Waals surface area contributed by atoms with Gasteiger partial charge in [0.2, 0.25) is 0 Å². The Bertz CT molecular complexity index is 123.